The first kappa shape index (κ1) is 31.2. The van der Waals surface area contributed by atoms with Crippen LogP contribution in [0.5, 0.6) is 0 Å². The second-order valence-electron chi connectivity index (χ2n) is 11.1. The quantitative estimate of drug-likeness (QED) is 0.300. The number of nitrogens with zero attached hydrogens (tertiary/aromatic N) is 2. The highest BCUT2D eigenvalue weighted by Crippen LogP contribution is 2.26. The van der Waals surface area contributed by atoms with E-state index in [2.05, 4.69) is 5.32 Å². The fraction of sp³-hybridized carbons (Fsp3) is 0.394. The Bertz CT molecular complexity index is 1450. The molecule has 1 aliphatic carbocycles. The van der Waals surface area contributed by atoms with Gasteiger partial charge >= 0.3 is 0 Å². The fourth-order valence-corrected chi connectivity index (χ4v) is 6.74. The van der Waals surface area contributed by atoms with E-state index in [4.69, 9.17) is 0 Å². The van der Waals surface area contributed by atoms with Crippen LogP contribution in [0.4, 0.5) is 10.1 Å². The first-order valence-corrected chi connectivity index (χ1v) is 16.0. The number of sulfonamides is 1. The monoisotopic (exact) mass is 593 g/mol. The molecule has 0 aromatic heterocycles. The summed E-state index contributed by atoms with van der Waals surface area (Å²) in [5.41, 5.74) is 2.83. The number of benzene rings is 3. The summed E-state index contributed by atoms with van der Waals surface area (Å²) in [5.74, 6) is -1.20. The molecule has 0 heterocycles. The van der Waals surface area contributed by atoms with E-state index >= 15 is 0 Å². The van der Waals surface area contributed by atoms with Crippen molar-refractivity contribution in [3.05, 3.63) is 95.3 Å². The highest BCUT2D eigenvalue weighted by molar-refractivity contribution is 7.92. The molecule has 3 aromatic carbocycles. The third-order valence-electron chi connectivity index (χ3n) is 7.81. The molecular weight excluding hydrogens is 553 g/mol. The predicted molar refractivity (Wildman–Crippen MR) is 163 cm³/mol. The smallest absolute Gasteiger partial charge is 0.264 e. The van der Waals surface area contributed by atoms with Gasteiger partial charge in [-0.15, -0.1) is 0 Å². The van der Waals surface area contributed by atoms with Crippen molar-refractivity contribution in [1.29, 1.82) is 0 Å². The Kier molecular flexibility index (Phi) is 10.4. The van der Waals surface area contributed by atoms with E-state index in [-0.39, 0.29) is 23.4 Å². The van der Waals surface area contributed by atoms with Gasteiger partial charge < -0.3 is 10.2 Å². The lowest BCUT2D eigenvalue weighted by Crippen LogP contribution is -2.54. The van der Waals surface area contributed by atoms with E-state index in [1.54, 1.807) is 48.5 Å². The largest absolute Gasteiger partial charge is 0.352 e. The zero-order valence-electron chi connectivity index (χ0n) is 24.6. The van der Waals surface area contributed by atoms with Crippen LogP contribution >= 0.6 is 0 Å². The maximum atomic E-state index is 14.2. The molecule has 9 heteroatoms. The van der Waals surface area contributed by atoms with Gasteiger partial charge in [-0.25, -0.2) is 12.8 Å². The number of rotatable bonds is 11. The Morgan fingerprint density at radius 2 is 1.45 bits per heavy atom. The van der Waals surface area contributed by atoms with Crippen LogP contribution in [0, 0.1) is 19.7 Å². The third-order valence-corrected chi connectivity index (χ3v) is 9.60. The number of halogens is 1. The summed E-state index contributed by atoms with van der Waals surface area (Å²) in [5, 5.41) is 3.13. The summed E-state index contributed by atoms with van der Waals surface area (Å²) < 4.78 is 42.7. The van der Waals surface area contributed by atoms with Crippen molar-refractivity contribution < 1.29 is 22.4 Å². The summed E-state index contributed by atoms with van der Waals surface area (Å²) in [6.07, 6.45) is 5.35. The Hall–Kier alpha value is -3.72. The van der Waals surface area contributed by atoms with Gasteiger partial charge in [-0.3, -0.25) is 13.9 Å². The van der Waals surface area contributed by atoms with Crippen molar-refractivity contribution in [2.75, 3.05) is 10.8 Å². The average Bonchev–Trinajstić information content (AvgIpc) is 2.98. The molecule has 3 aromatic rings. The standard InChI is InChI=1S/C33H40FN3O4S/c1-4-31(33(39)35-28-8-6-5-7-9-28)36(22-26-14-16-27(34)17-15-26)32(38)23-37(29-18-10-24(2)11-19-29)42(40,41)30-20-12-25(3)13-21-30/h10-21,28,31H,4-9,22-23H2,1-3H3,(H,35,39)/t31-/m0/s1. The number of carbonyl (C=O) groups excluding carboxylic acids is 2. The van der Waals surface area contributed by atoms with Crippen molar-refractivity contribution in [2.45, 2.75) is 82.8 Å². The molecule has 42 heavy (non-hydrogen) atoms. The number of hydrogen-bond donors (Lipinski definition) is 1. The first-order valence-electron chi connectivity index (χ1n) is 14.6. The molecule has 1 saturated carbocycles. The van der Waals surface area contributed by atoms with Crippen molar-refractivity contribution in [3.8, 4) is 0 Å². The van der Waals surface area contributed by atoms with Gasteiger partial charge in [0.05, 0.1) is 10.6 Å². The Morgan fingerprint density at radius 3 is 2.02 bits per heavy atom. The molecular formula is C33H40FN3O4S. The van der Waals surface area contributed by atoms with Gasteiger partial charge in [0, 0.05) is 12.6 Å². The number of aryl methyl sites for hydroxylation is 2. The number of carbonyl (C=O) groups is 2. The van der Waals surface area contributed by atoms with Crippen molar-refractivity contribution in [2.24, 2.45) is 0 Å². The lowest BCUT2D eigenvalue weighted by molar-refractivity contribution is -0.140. The van der Waals surface area contributed by atoms with Crippen LogP contribution in [0.3, 0.4) is 0 Å². The molecule has 2 amide bonds. The zero-order valence-corrected chi connectivity index (χ0v) is 25.4. The Balaban J connectivity index is 1.69. The molecule has 1 aliphatic rings. The average molecular weight is 594 g/mol. The van der Waals surface area contributed by atoms with Crippen LogP contribution in [0.15, 0.2) is 77.7 Å². The zero-order chi connectivity index (χ0) is 30.3. The molecule has 1 N–H and O–H groups in total. The number of nitrogens with one attached hydrogen (secondary N) is 1. The first-order chi connectivity index (χ1) is 20.1. The highest BCUT2D eigenvalue weighted by Gasteiger charge is 2.34. The molecule has 0 radical (unpaired) electrons. The maximum Gasteiger partial charge on any atom is 0.264 e. The molecule has 4 rings (SSSR count). The topological polar surface area (TPSA) is 86.8 Å². The van der Waals surface area contributed by atoms with Gasteiger partial charge in [-0.1, -0.05) is 73.7 Å². The minimum atomic E-state index is -4.13. The van der Waals surface area contributed by atoms with Crippen LogP contribution in [0.25, 0.3) is 0 Å². The number of hydrogen-bond acceptors (Lipinski definition) is 4. The molecule has 0 bridgehead atoms. The van der Waals surface area contributed by atoms with E-state index in [1.165, 1.54) is 29.2 Å². The van der Waals surface area contributed by atoms with Crippen LogP contribution in [0.1, 0.15) is 62.1 Å². The van der Waals surface area contributed by atoms with Crippen molar-refractivity contribution in [1.82, 2.24) is 10.2 Å². The summed E-state index contributed by atoms with van der Waals surface area (Å²) in [6.45, 7) is 5.12. The maximum absolute atomic E-state index is 14.2. The fourth-order valence-electron chi connectivity index (χ4n) is 5.33. The Labute approximate surface area is 248 Å². The second kappa shape index (κ2) is 14.0. The van der Waals surface area contributed by atoms with Gasteiger partial charge in [0.2, 0.25) is 11.8 Å². The molecule has 0 spiro atoms. The second-order valence-corrected chi connectivity index (χ2v) is 12.9. The van der Waals surface area contributed by atoms with E-state index in [0.717, 1.165) is 47.5 Å². The molecule has 224 valence electrons. The minimum absolute atomic E-state index is 0.0298. The summed E-state index contributed by atoms with van der Waals surface area (Å²) in [6, 6.07) is 18.4. The van der Waals surface area contributed by atoms with Crippen LogP contribution in [0.2, 0.25) is 0 Å². The minimum Gasteiger partial charge on any atom is -0.352 e. The SMILES string of the molecule is CC[C@@H](C(=O)NC1CCCCC1)N(Cc1ccc(F)cc1)C(=O)CN(c1ccc(C)cc1)S(=O)(=O)c1ccc(C)cc1. The van der Waals surface area contributed by atoms with Gasteiger partial charge in [0.25, 0.3) is 10.0 Å². The summed E-state index contributed by atoms with van der Waals surface area (Å²) in [7, 11) is -4.13. The third kappa shape index (κ3) is 7.76. The van der Waals surface area contributed by atoms with Crippen LogP contribution < -0.4 is 9.62 Å². The lowest BCUT2D eigenvalue weighted by atomic mass is 9.95. The Morgan fingerprint density at radius 1 is 0.881 bits per heavy atom. The molecule has 0 unspecified atom stereocenters. The summed E-state index contributed by atoms with van der Waals surface area (Å²) >= 11 is 0. The van der Waals surface area contributed by atoms with Gasteiger partial charge in [-0.2, -0.15) is 0 Å². The van der Waals surface area contributed by atoms with Crippen molar-refractivity contribution >= 4 is 27.5 Å². The molecule has 1 atom stereocenters. The van der Waals surface area contributed by atoms with E-state index in [0.29, 0.717) is 17.7 Å². The van der Waals surface area contributed by atoms with Gasteiger partial charge in [0.1, 0.15) is 18.4 Å². The number of amides is 2. The predicted octanol–water partition coefficient (Wildman–Crippen LogP) is 5.89. The molecule has 0 aliphatic heterocycles. The van der Waals surface area contributed by atoms with Crippen LogP contribution in [-0.4, -0.2) is 43.8 Å². The van der Waals surface area contributed by atoms with E-state index in [9.17, 15) is 22.4 Å². The van der Waals surface area contributed by atoms with Gasteiger partial charge in [0.15, 0.2) is 0 Å². The normalized spacial score (nSPS) is 14.7. The highest BCUT2D eigenvalue weighted by atomic mass is 32.2. The van der Waals surface area contributed by atoms with Gasteiger partial charge in [-0.05, 0) is 75.1 Å². The number of anilines is 1. The molecule has 7 nitrogen and oxygen atoms in total. The molecule has 0 saturated heterocycles. The van der Waals surface area contributed by atoms with E-state index in [1.807, 2.05) is 20.8 Å². The van der Waals surface area contributed by atoms with E-state index < -0.39 is 34.3 Å². The molecule has 1 fully saturated rings. The lowest BCUT2D eigenvalue weighted by Gasteiger charge is -2.34. The summed E-state index contributed by atoms with van der Waals surface area (Å²) in [4.78, 5) is 29.2. The van der Waals surface area contributed by atoms with Crippen molar-refractivity contribution in [3.63, 3.8) is 0 Å². The van der Waals surface area contributed by atoms with Crippen LogP contribution in [-0.2, 0) is 26.2 Å².